The van der Waals surface area contributed by atoms with Gasteiger partial charge in [0.1, 0.15) is 6.04 Å². The van der Waals surface area contributed by atoms with Crippen molar-refractivity contribution in [2.24, 2.45) is 5.73 Å². The van der Waals surface area contributed by atoms with E-state index in [0.29, 0.717) is 17.7 Å². The lowest BCUT2D eigenvalue weighted by molar-refractivity contribution is -0.130. The minimum Gasteiger partial charge on any atom is -0.339 e. The number of nitrogens with zero attached hydrogens (tertiary/aromatic N) is 1. The molecule has 6 N–H and O–H groups in total. The molecule has 0 aromatic heterocycles. The summed E-state index contributed by atoms with van der Waals surface area (Å²) in [4.78, 5) is 38.1. The molecule has 1 aliphatic heterocycles. The molecule has 0 unspecified atom stereocenters. The van der Waals surface area contributed by atoms with Crippen molar-refractivity contribution in [3.8, 4) is 11.8 Å². The summed E-state index contributed by atoms with van der Waals surface area (Å²) in [5.74, 6) is 4.79. The van der Waals surface area contributed by atoms with Gasteiger partial charge in [0.25, 0.3) is 11.8 Å². The van der Waals surface area contributed by atoms with E-state index in [0.717, 1.165) is 37.2 Å². The topological polar surface area (TPSA) is 137 Å². The number of piperidine rings is 1. The van der Waals surface area contributed by atoms with Gasteiger partial charge in [-0.3, -0.25) is 24.5 Å². The third kappa shape index (κ3) is 8.54. The van der Waals surface area contributed by atoms with Gasteiger partial charge >= 0.3 is 0 Å². The highest BCUT2D eigenvalue weighted by Gasteiger charge is 2.19. The Balaban J connectivity index is 0.00000432. The van der Waals surface area contributed by atoms with Gasteiger partial charge in [0.05, 0.1) is 6.54 Å². The van der Waals surface area contributed by atoms with Gasteiger partial charge in [-0.2, -0.15) is 0 Å². The van der Waals surface area contributed by atoms with Crippen molar-refractivity contribution >= 4 is 23.4 Å². The summed E-state index contributed by atoms with van der Waals surface area (Å²) in [6, 6.07) is 12.9. The number of nitrogens with two attached hydrogens (primary N) is 1. The molecule has 9 nitrogen and oxygen atoms in total. The molecule has 1 atom stereocenters. The van der Waals surface area contributed by atoms with Gasteiger partial charge in [-0.15, -0.1) is 0 Å². The van der Waals surface area contributed by atoms with E-state index in [1.807, 2.05) is 24.3 Å². The molecule has 1 heterocycles. The SMILES string of the molecule is C.NC[C@H](NC(=O)c1ccc(C#Cc2ccc(NC(=O)CN3CCCCC3)cc2)cc1)C(=O)NO. The molecule has 0 bridgehead atoms. The molecular formula is C26H33N5O4. The zero-order chi connectivity index (χ0) is 24.3. The van der Waals surface area contributed by atoms with Crippen molar-refractivity contribution in [3.05, 3.63) is 65.2 Å². The average Bonchev–Trinajstić information content (AvgIpc) is 2.87. The summed E-state index contributed by atoms with van der Waals surface area (Å²) in [5, 5.41) is 14.1. The van der Waals surface area contributed by atoms with Gasteiger partial charge in [-0.25, -0.2) is 5.48 Å². The monoisotopic (exact) mass is 479 g/mol. The van der Waals surface area contributed by atoms with Gasteiger partial charge in [0, 0.05) is 28.9 Å². The smallest absolute Gasteiger partial charge is 0.267 e. The van der Waals surface area contributed by atoms with Crippen molar-refractivity contribution in [3.63, 3.8) is 0 Å². The molecule has 0 radical (unpaired) electrons. The first-order valence-electron chi connectivity index (χ1n) is 11.2. The zero-order valence-corrected chi connectivity index (χ0v) is 18.8. The van der Waals surface area contributed by atoms with Crippen LogP contribution in [-0.2, 0) is 9.59 Å². The van der Waals surface area contributed by atoms with Crippen LogP contribution in [0.1, 0.15) is 48.2 Å². The standard InChI is InChI=1S/C25H29N5O4.CH4/c26-16-22(25(33)29-34)28-24(32)20-10-6-18(7-11-20)4-5-19-8-12-21(13-9-19)27-23(31)17-30-14-2-1-3-15-30;/h6-13,22,34H,1-3,14-17,26H2,(H,27,31)(H,28,32)(H,29,33);1H4/t22-;/m0./s1. The summed E-state index contributed by atoms with van der Waals surface area (Å²) in [7, 11) is 0. The minimum absolute atomic E-state index is 0. The molecule has 1 aliphatic rings. The zero-order valence-electron chi connectivity index (χ0n) is 18.8. The van der Waals surface area contributed by atoms with Crippen molar-refractivity contribution in [1.82, 2.24) is 15.7 Å². The van der Waals surface area contributed by atoms with E-state index >= 15 is 0 Å². The molecule has 0 aliphatic carbocycles. The van der Waals surface area contributed by atoms with Crippen molar-refractivity contribution in [2.75, 3.05) is 31.5 Å². The molecule has 35 heavy (non-hydrogen) atoms. The molecule has 1 fully saturated rings. The van der Waals surface area contributed by atoms with E-state index in [1.165, 1.54) is 11.9 Å². The highest BCUT2D eigenvalue weighted by atomic mass is 16.5. The van der Waals surface area contributed by atoms with Crippen LogP contribution in [0, 0.1) is 11.8 Å². The first-order valence-corrected chi connectivity index (χ1v) is 11.2. The van der Waals surface area contributed by atoms with Crippen LogP contribution >= 0.6 is 0 Å². The number of nitrogens with one attached hydrogen (secondary N) is 3. The van der Waals surface area contributed by atoms with Crippen LogP contribution in [-0.4, -0.2) is 60.0 Å². The molecular weight excluding hydrogens is 446 g/mol. The molecule has 0 spiro atoms. The molecule has 9 heteroatoms. The number of hydroxylamine groups is 1. The number of carbonyl (C=O) groups is 3. The maximum Gasteiger partial charge on any atom is 0.267 e. The maximum absolute atomic E-state index is 12.2. The fraction of sp³-hybridized carbons (Fsp3) is 0.346. The number of hydrogen-bond acceptors (Lipinski definition) is 6. The van der Waals surface area contributed by atoms with Crippen LogP contribution in [0.4, 0.5) is 5.69 Å². The van der Waals surface area contributed by atoms with Crippen LogP contribution < -0.4 is 21.8 Å². The normalized spacial score (nSPS) is 13.9. The molecule has 186 valence electrons. The van der Waals surface area contributed by atoms with Gasteiger partial charge < -0.3 is 16.4 Å². The van der Waals surface area contributed by atoms with Crippen LogP contribution in [0.25, 0.3) is 0 Å². The van der Waals surface area contributed by atoms with Gasteiger partial charge in [-0.05, 0) is 74.5 Å². The molecule has 2 aromatic rings. The fourth-order valence-corrected chi connectivity index (χ4v) is 3.56. The fourth-order valence-electron chi connectivity index (χ4n) is 3.56. The molecule has 0 saturated carbocycles. The van der Waals surface area contributed by atoms with Crippen molar-refractivity contribution < 1.29 is 19.6 Å². The molecule has 2 aromatic carbocycles. The number of hydrogen-bond donors (Lipinski definition) is 5. The highest BCUT2D eigenvalue weighted by Crippen LogP contribution is 2.11. The highest BCUT2D eigenvalue weighted by molar-refractivity contribution is 5.97. The lowest BCUT2D eigenvalue weighted by Crippen LogP contribution is -2.50. The Labute approximate surface area is 206 Å². The second-order valence-corrected chi connectivity index (χ2v) is 8.03. The Morgan fingerprint density at radius 3 is 2.06 bits per heavy atom. The predicted octanol–water partition coefficient (Wildman–Crippen LogP) is 1.71. The van der Waals surface area contributed by atoms with Crippen LogP contribution in [0.2, 0.25) is 0 Å². The molecule has 3 amide bonds. The largest absolute Gasteiger partial charge is 0.339 e. The number of anilines is 1. The summed E-state index contributed by atoms with van der Waals surface area (Å²) >= 11 is 0. The summed E-state index contributed by atoms with van der Waals surface area (Å²) < 4.78 is 0. The second kappa shape index (κ2) is 13.9. The second-order valence-electron chi connectivity index (χ2n) is 8.03. The van der Waals surface area contributed by atoms with Crippen molar-refractivity contribution in [1.29, 1.82) is 0 Å². The summed E-state index contributed by atoms with van der Waals surface area (Å²) in [6.07, 6.45) is 3.53. The molecule has 1 saturated heterocycles. The van der Waals surface area contributed by atoms with E-state index in [9.17, 15) is 14.4 Å². The summed E-state index contributed by atoms with van der Waals surface area (Å²) in [6.45, 7) is 2.21. The van der Waals surface area contributed by atoms with E-state index in [4.69, 9.17) is 10.9 Å². The predicted molar refractivity (Wildman–Crippen MR) is 135 cm³/mol. The van der Waals surface area contributed by atoms with Crippen molar-refractivity contribution in [2.45, 2.75) is 32.7 Å². The van der Waals surface area contributed by atoms with E-state index in [2.05, 4.69) is 27.4 Å². The minimum atomic E-state index is -1.03. The Hall–Kier alpha value is -3.71. The maximum atomic E-state index is 12.2. The van der Waals surface area contributed by atoms with E-state index < -0.39 is 17.9 Å². The Morgan fingerprint density at radius 2 is 1.51 bits per heavy atom. The lowest BCUT2D eigenvalue weighted by atomic mass is 10.1. The van der Waals surface area contributed by atoms with Crippen LogP contribution in [0.3, 0.4) is 0 Å². The van der Waals surface area contributed by atoms with Gasteiger partial charge in [-0.1, -0.05) is 25.7 Å². The first kappa shape index (κ1) is 27.5. The third-order valence-electron chi connectivity index (χ3n) is 5.45. The lowest BCUT2D eigenvalue weighted by Gasteiger charge is -2.25. The number of amides is 3. The number of rotatable bonds is 7. The number of carbonyl (C=O) groups excluding carboxylic acids is 3. The van der Waals surface area contributed by atoms with Gasteiger partial charge in [0.15, 0.2) is 0 Å². The van der Waals surface area contributed by atoms with Gasteiger partial charge in [0.2, 0.25) is 5.91 Å². The van der Waals surface area contributed by atoms with E-state index in [1.54, 1.807) is 24.3 Å². The third-order valence-corrected chi connectivity index (χ3v) is 5.45. The van der Waals surface area contributed by atoms with Crippen LogP contribution in [0.5, 0.6) is 0 Å². The van der Waals surface area contributed by atoms with E-state index in [-0.39, 0.29) is 19.9 Å². The Bertz CT molecular complexity index is 1050. The Morgan fingerprint density at radius 1 is 0.943 bits per heavy atom. The summed E-state index contributed by atoms with van der Waals surface area (Å²) in [5.41, 5.74) is 9.47. The molecule has 3 rings (SSSR count). The average molecular weight is 480 g/mol. The number of likely N-dealkylation sites (tertiary alicyclic amines) is 1. The Kier molecular flexibility index (Phi) is 10.9. The van der Waals surface area contributed by atoms with Crippen LogP contribution in [0.15, 0.2) is 48.5 Å². The quantitative estimate of drug-likeness (QED) is 0.233. The number of benzene rings is 2. The first-order chi connectivity index (χ1) is 16.5.